The number of para-hydroxylation sites is 1. The third kappa shape index (κ3) is 4.96. The van der Waals surface area contributed by atoms with E-state index in [0.717, 1.165) is 44.3 Å². The van der Waals surface area contributed by atoms with Crippen LogP contribution in [0.25, 0.3) is 11.1 Å². The molecule has 0 aromatic heterocycles. The van der Waals surface area contributed by atoms with Crippen LogP contribution in [0.5, 0.6) is 5.75 Å². The fourth-order valence-corrected chi connectivity index (χ4v) is 12.1. The lowest BCUT2D eigenvalue weighted by atomic mass is 9.80. The quantitative estimate of drug-likeness (QED) is 0.233. The molecule has 3 heteroatoms. The zero-order valence-electron chi connectivity index (χ0n) is 28.9. The highest BCUT2D eigenvalue weighted by Crippen LogP contribution is 2.49. The SMILES string of the molecule is C[Si]1C2=C(C=CC(N(C3=CC=C(C4=CCC5C=CCCC5=C4)CC3)c3ccccc3C3=CC=CCC3)C2)c2c1ccc1c2OC2C=CC=CC12. The monoisotopic (exact) mass is 666 g/mol. The van der Waals surface area contributed by atoms with Gasteiger partial charge in [-0.15, -0.1) is 0 Å². The third-order valence-corrected chi connectivity index (χ3v) is 14.9. The average molecular weight is 667 g/mol. The maximum atomic E-state index is 6.72. The number of hydrogen-bond acceptors (Lipinski definition) is 2. The summed E-state index contributed by atoms with van der Waals surface area (Å²) in [6.45, 7) is 2.52. The molecule has 0 spiro atoms. The standard InChI is InChI=1S/C47H44NOSi/c1-50-44-28-27-40-39-16-8-10-18-43(39)49-47(40)46(44)41-26-25-37(30-45(41)50)48(42-17-9-7-15-38(42)33-12-3-2-4-13-33)36-23-21-32(22-24-36)35-20-19-31-11-5-6-14-34(31)29-35/h2-3,5,7-12,15-18,20-21,23,25-29,31,37,39,43H,4,6,13-14,19,22,24,30H2,1H3. The van der Waals surface area contributed by atoms with Gasteiger partial charge in [-0.3, -0.25) is 0 Å². The van der Waals surface area contributed by atoms with Gasteiger partial charge >= 0.3 is 0 Å². The number of fused-ring (bicyclic) bond motifs is 7. The van der Waals surface area contributed by atoms with Crippen molar-refractivity contribution in [1.29, 1.82) is 0 Å². The molecule has 0 amide bonds. The number of nitrogens with zero attached hydrogens (tertiary/aromatic N) is 1. The van der Waals surface area contributed by atoms with Crippen molar-refractivity contribution in [3.63, 3.8) is 0 Å². The highest BCUT2D eigenvalue weighted by molar-refractivity contribution is 6.82. The largest absolute Gasteiger partial charge is 0.484 e. The summed E-state index contributed by atoms with van der Waals surface area (Å²) < 4.78 is 6.72. The first kappa shape index (κ1) is 30.2. The van der Waals surface area contributed by atoms with Crippen molar-refractivity contribution in [2.75, 3.05) is 4.90 Å². The summed E-state index contributed by atoms with van der Waals surface area (Å²) in [6, 6.07) is 14.3. The van der Waals surface area contributed by atoms with Crippen LogP contribution >= 0.6 is 0 Å². The molecular formula is C47H44NOSi. The molecule has 4 atom stereocenters. The Morgan fingerprint density at radius 3 is 2.64 bits per heavy atom. The van der Waals surface area contributed by atoms with Crippen LogP contribution < -0.4 is 14.8 Å². The molecule has 4 unspecified atom stereocenters. The van der Waals surface area contributed by atoms with Gasteiger partial charge in [-0.25, -0.2) is 0 Å². The van der Waals surface area contributed by atoms with Crippen LogP contribution in [0.15, 0.2) is 155 Å². The van der Waals surface area contributed by atoms with Crippen molar-refractivity contribution in [3.8, 4) is 5.75 Å². The minimum Gasteiger partial charge on any atom is -0.484 e. The van der Waals surface area contributed by atoms with Crippen LogP contribution in [0.3, 0.4) is 0 Å². The molecule has 8 aliphatic rings. The highest BCUT2D eigenvalue weighted by Gasteiger charge is 2.41. The van der Waals surface area contributed by atoms with E-state index < -0.39 is 8.80 Å². The van der Waals surface area contributed by atoms with E-state index in [-0.39, 0.29) is 12.1 Å². The smallest absolute Gasteiger partial charge is 0.131 e. The summed E-state index contributed by atoms with van der Waals surface area (Å²) in [7, 11) is -0.889. The summed E-state index contributed by atoms with van der Waals surface area (Å²) in [5, 5.41) is 3.18. The predicted molar refractivity (Wildman–Crippen MR) is 211 cm³/mol. The molecule has 247 valence electrons. The second-order valence-electron chi connectivity index (χ2n) is 15.0. The van der Waals surface area contributed by atoms with Crippen molar-refractivity contribution in [2.24, 2.45) is 5.92 Å². The molecule has 0 saturated carbocycles. The van der Waals surface area contributed by atoms with Gasteiger partial charge in [0.25, 0.3) is 0 Å². The molecule has 1 radical (unpaired) electrons. The van der Waals surface area contributed by atoms with Crippen molar-refractivity contribution >= 4 is 30.8 Å². The molecule has 2 aliphatic heterocycles. The van der Waals surface area contributed by atoms with Gasteiger partial charge in [-0.05, 0) is 97.1 Å². The second kappa shape index (κ2) is 12.3. The van der Waals surface area contributed by atoms with Crippen LogP contribution in [0.4, 0.5) is 5.69 Å². The molecule has 10 rings (SSSR count). The first-order valence-corrected chi connectivity index (χ1v) is 20.9. The minimum absolute atomic E-state index is 0.118. The third-order valence-electron chi connectivity index (χ3n) is 12.3. The van der Waals surface area contributed by atoms with Gasteiger partial charge in [0.2, 0.25) is 0 Å². The highest BCUT2D eigenvalue weighted by atomic mass is 28.3. The molecule has 2 heterocycles. The molecule has 50 heavy (non-hydrogen) atoms. The van der Waals surface area contributed by atoms with Crippen LogP contribution in [-0.2, 0) is 0 Å². The number of ether oxygens (including phenoxy) is 1. The molecule has 2 nitrogen and oxygen atoms in total. The maximum Gasteiger partial charge on any atom is 0.131 e. The minimum atomic E-state index is -0.889. The van der Waals surface area contributed by atoms with E-state index in [9.17, 15) is 0 Å². The lowest BCUT2D eigenvalue weighted by Crippen LogP contribution is -2.38. The molecule has 0 fully saturated rings. The molecular weight excluding hydrogens is 623 g/mol. The number of rotatable bonds is 5. The summed E-state index contributed by atoms with van der Waals surface area (Å²) in [4.78, 5) is 2.72. The summed E-state index contributed by atoms with van der Waals surface area (Å²) in [5.74, 6) is 2.08. The predicted octanol–water partition coefficient (Wildman–Crippen LogP) is 10.7. The lowest BCUT2D eigenvalue weighted by Gasteiger charge is -2.39. The normalized spacial score (nSPS) is 27.3. The van der Waals surface area contributed by atoms with Crippen LogP contribution in [0.2, 0.25) is 6.55 Å². The van der Waals surface area contributed by atoms with E-state index in [1.165, 1.54) is 68.4 Å². The van der Waals surface area contributed by atoms with E-state index in [0.29, 0.717) is 11.8 Å². The van der Waals surface area contributed by atoms with Crippen LogP contribution in [-0.4, -0.2) is 20.9 Å². The molecule has 0 saturated heterocycles. The van der Waals surface area contributed by atoms with E-state index in [1.807, 2.05) is 0 Å². The fourth-order valence-electron chi connectivity index (χ4n) is 9.67. The Morgan fingerprint density at radius 1 is 0.820 bits per heavy atom. The van der Waals surface area contributed by atoms with Crippen molar-refractivity contribution < 1.29 is 4.74 Å². The zero-order chi connectivity index (χ0) is 33.2. The molecule has 2 aromatic carbocycles. The van der Waals surface area contributed by atoms with Crippen molar-refractivity contribution in [2.45, 2.75) is 76.0 Å². The van der Waals surface area contributed by atoms with E-state index in [2.05, 4.69) is 139 Å². The number of hydrogen-bond donors (Lipinski definition) is 0. The van der Waals surface area contributed by atoms with Gasteiger partial charge in [-0.2, -0.15) is 0 Å². The van der Waals surface area contributed by atoms with Gasteiger partial charge in [0.05, 0.1) is 6.04 Å². The summed E-state index contributed by atoms with van der Waals surface area (Å²) >= 11 is 0. The maximum absolute atomic E-state index is 6.72. The second-order valence-corrected chi connectivity index (χ2v) is 17.4. The fraction of sp³-hybridized carbons (Fsp3) is 0.277. The van der Waals surface area contributed by atoms with Gasteiger partial charge in [-0.1, -0.05) is 127 Å². The van der Waals surface area contributed by atoms with E-state index >= 15 is 0 Å². The van der Waals surface area contributed by atoms with Crippen molar-refractivity contribution in [1.82, 2.24) is 0 Å². The zero-order valence-corrected chi connectivity index (χ0v) is 29.9. The van der Waals surface area contributed by atoms with Gasteiger partial charge in [0.15, 0.2) is 0 Å². The summed E-state index contributed by atoms with van der Waals surface area (Å²) in [5.41, 5.74) is 14.4. The Morgan fingerprint density at radius 2 is 1.74 bits per heavy atom. The number of anilines is 1. The molecule has 0 bridgehead atoms. The van der Waals surface area contributed by atoms with Crippen molar-refractivity contribution in [3.05, 3.63) is 172 Å². The van der Waals surface area contributed by atoms with Gasteiger partial charge < -0.3 is 9.64 Å². The van der Waals surface area contributed by atoms with E-state index in [1.54, 1.807) is 10.8 Å². The van der Waals surface area contributed by atoms with E-state index in [4.69, 9.17) is 4.74 Å². The topological polar surface area (TPSA) is 12.5 Å². The molecule has 0 N–H and O–H groups in total. The van der Waals surface area contributed by atoms with Gasteiger partial charge in [0, 0.05) is 39.9 Å². The van der Waals surface area contributed by atoms with Crippen LogP contribution in [0, 0.1) is 5.92 Å². The number of benzene rings is 2. The summed E-state index contributed by atoms with van der Waals surface area (Å²) in [6.07, 6.45) is 44.5. The molecule has 6 aliphatic carbocycles. The first-order chi connectivity index (χ1) is 24.7. The first-order valence-electron chi connectivity index (χ1n) is 18.9. The number of allylic oxidation sites excluding steroid dienone is 18. The Bertz CT molecular complexity index is 2140. The Balaban J connectivity index is 1.02. The Kier molecular flexibility index (Phi) is 7.45. The lowest BCUT2D eigenvalue weighted by molar-refractivity contribution is 0.268. The van der Waals surface area contributed by atoms with Crippen LogP contribution in [0.1, 0.15) is 74.0 Å². The Labute approximate surface area is 298 Å². The average Bonchev–Trinajstić information content (AvgIpc) is 3.70. The molecule has 2 aromatic rings. The van der Waals surface area contributed by atoms with Gasteiger partial charge in [0.1, 0.15) is 20.7 Å². The Hall–Kier alpha value is -4.60.